The molecule has 1 heterocycles. The van der Waals surface area contributed by atoms with Crippen LogP contribution in [0.5, 0.6) is 0 Å². The summed E-state index contributed by atoms with van der Waals surface area (Å²) in [5, 5.41) is 10.6. The first-order chi connectivity index (χ1) is 14.8. The molecule has 0 fully saturated rings. The average molecular weight is 442 g/mol. The fraction of sp³-hybridized carbons (Fsp3) is 0.190. The second kappa shape index (κ2) is 9.43. The van der Waals surface area contributed by atoms with Crippen molar-refractivity contribution >= 4 is 33.0 Å². The van der Waals surface area contributed by atoms with Gasteiger partial charge in [-0.1, -0.05) is 29.4 Å². The summed E-state index contributed by atoms with van der Waals surface area (Å²) in [5.41, 5.74) is 2.23. The lowest BCUT2D eigenvalue weighted by molar-refractivity contribution is -0.120. The van der Waals surface area contributed by atoms with E-state index >= 15 is 0 Å². The van der Waals surface area contributed by atoms with Crippen LogP contribution in [0.25, 0.3) is 0 Å². The van der Waals surface area contributed by atoms with Gasteiger partial charge < -0.3 is 10.2 Å². The molecule has 0 aliphatic carbocycles. The predicted molar refractivity (Wildman–Crippen MR) is 118 cm³/mol. The molecule has 1 aromatic heterocycles. The number of oxime groups is 1. The maximum atomic E-state index is 12.9. The number of anilines is 2. The van der Waals surface area contributed by atoms with Gasteiger partial charge >= 0.3 is 0 Å². The van der Waals surface area contributed by atoms with E-state index in [0.717, 1.165) is 5.56 Å². The van der Waals surface area contributed by atoms with Crippen molar-refractivity contribution in [3.05, 3.63) is 72.6 Å². The van der Waals surface area contributed by atoms with Crippen LogP contribution in [-0.4, -0.2) is 43.5 Å². The number of rotatable bonds is 8. The Bertz CT molecular complexity index is 1190. The van der Waals surface area contributed by atoms with Crippen LogP contribution in [0.15, 0.2) is 77.0 Å². The van der Waals surface area contributed by atoms with Gasteiger partial charge in [0, 0.05) is 31.5 Å². The SMILES string of the molecule is CC(=NOCC(=O)Nc1cccc(S(=O)(=O)N(C)c2ccccc2)c1)c1cnn(C)c1. The van der Waals surface area contributed by atoms with Crippen LogP contribution in [0.1, 0.15) is 12.5 Å². The zero-order valence-electron chi connectivity index (χ0n) is 17.4. The Labute approximate surface area is 181 Å². The van der Waals surface area contributed by atoms with Crippen molar-refractivity contribution in [2.75, 3.05) is 23.3 Å². The van der Waals surface area contributed by atoms with E-state index in [4.69, 9.17) is 4.84 Å². The minimum Gasteiger partial charge on any atom is -0.385 e. The molecule has 3 aromatic rings. The number of para-hydroxylation sites is 1. The molecule has 0 bridgehead atoms. The number of nitrogens with zero attached hydrogens (tertiary/aromatic N) is 4. The standard InChI is InChI=1S/C21H23N5O4S/c1-16(17-13-22-25(2)14-17)24-30-15-21(27)23-18-8-7-11-20(12-18)31(28,29)26(3)19-9-5-4-6-10-19/h4-14H,15H2,1-3H3,(H,23,27). The Morgan fingerprint density at radius 1 is 1.19 bits per heavy atom. The zero-order chi connectivity index (χ0) is 22.4. The van der Waals surface area contributed by atoms with Gasteiger partial charge in [-0.25, -0.2) is 8.42 Å². The first-order valence-electron chi connectivity index (χ1n) is 9.37. The highest BCUT2D eigenvalue weighted by Gasteiger charge is 2.21. The Balaban J connectivity index is 1.64. The van der Waals surface area contributed by atoms with E-state index in [1.54, 1.807) is 67.4 Å². The summed E-state index contributed by atoms with van der Waals surface area (Å²) in [5.74, 6) is -0.464. The largest absolute Gasteiger partial charge is 0.385 e. The van der Waals surface area contributed by atoms with E-state index in [0.29, 0.717) is 17.1 Å². The number of aromatic nitrogens is 2. The van der Waals surface area contributed by atoms with Gasteiger partial charge in [0.2, 0.25) is 0 Å². The van der Waals surface area contributed by atoms with Crippen LogP contribution in [0.2, 0.25) is 0 Å². The smallest absolute Gasteiger partial charge is 0.265 e. The van der Waals surface area contributed by atoms with E-state index in [9.17, 15) is 13.2 Å². The summed E-state index contributed by atoms with van der Waals surface area (Å²) >= 11 is 0. The topological polar surface area (TPSA) is 106 Å². The number of aryl methyl sites for hydroxylation is 1. The Morgan fingerprint density at radius 3 is 2.61 bits per heavy atom. The third-order valence-corrected chi connectivity index (χ3v) is 6.20. The number of hydrogen-bond acceptors (Lipinski definition) is 6. The van der Waals surface area contributed by atoms with Crippen molar-refractivity contribution in [1.82, 2.24) is 9.78 Å². The molecule has 0 aliphatic heterocycles. The van der Waals surface area contributed by atoms with Crippen molar-refractivity contribution in [3.63, 3.8) is 0 Å². The lowest BCUT2D eigenvalue weighted by Gasteiger charge is -2.19. The van der Waals surface area contributed by atoms with Gasteiger partial charge in [-0.15, -0.1) is 0 Å². The van der Waals surface area contributed by atoms with Crippen LogP contribution in [0, 0.1) is 0 Å². The summed E-state index contributed by atoms with van der Waals surface area (Å²) in [6.07, 6.45) is 3.42. The van der Waals surface area contributed by atoms with E-state index in [2.05, 4.69) is 15.6 Å². The molecular formula is C21H23N5O4S. The third kappa shape index (κ3) is 5.48. The van der Waals surface area contributed by atoms with Crippen LogP contribution >= 0.6 is 0 Å². The highest BCUT2D eigenvalue weighted by Crippen LogP contribution is 2.23. The summed E-state index contributed by atoms with van der Waals surface area (Å²) in [4.78, 5) is 17.3. The van der Waals surface area contributed by atoms with Crippen LogP contribution in [-0.2, 0) is 26.7 Å². The quantitative estimate of drug-likeness (QED) is 0.427. The van der Waals surface area contributed by atoms with E-state index in [1.807, 2.05) is 6.07 Å². The number of carbonyl (C=O) groups excluding carboxylic acids is 1. The molecule has 31 heavy (non-hydrogen) atoms. The third-order valence-electron chi connectivity index (χ3n) is 4.42. The number of hydrogen-bond donors (Lipinski definition) is 1. The van der Waals surface area contributed by atoms with Gasteiger partial charge in [-0.05, 0) is 37.3 Å². The van der Waals surface area contributed by atoms with E-state index in [-0.39, 0.29) is 11.5 Å². The van der Waals surface area contributed by atoms with Crippen LogP contribution in [0.4, 0.5) is 11.4 Å². The Kier molecular flexibility index (Phi) is 6.71. The molecule has 0 unspecified atom stereocenters. The second-order valence-corrected chi connectivity index (χ2v) is 8.71. The molecule has 0 spiro atoms. The number of nitrogens with one attached hydrogen (secondary N) is 1. The summed E-state index contributed by atoms with van der Waals surface area (Å²) in [7, 11) is -0.519. The van der Waals surface area contributed by atoms with Crippen molar-refractivity contribution in [2.45, 2.75) is 11.8 Å². The molecule has 1 N–H and O–H groups in total. The Hall–Kier alpha value is -3.66. The molecule has 2 aromatic carbocycles. The highest BCUT2D eigenvalue weighted by molar-refractivity contribution is 7.92. The van der Waals surface area contributed by atoms with E-state index in [1.165, 1.54) is 23.5 Å². The minimum absolute atomic E-state index is 0.0583. The van der Waals surface area contributed by atoms with Gasteiger partial charge in [0.15, 0.2) is 6.61 Å². The molecule has 10 heteroatoms. The van der Waals surface area contributed by atoms with Gasteiger partial charge in [0.1, 0.15) is 0 Å². The molecule has 0 radical (unpaired) electrons. The van der Waals surface area contributed by atoms with Crippen molar-refractivity contribution in [2.24, 2.45) is 12.2 Å². The Morgan fingerprint density at radius 2 is 1.94 bits per heavy atom. The molecule has 0 aliphatic rings. The van der Waals surface area contributed by atoms with Gasteiger partial charge in [0.25, 0.3) is 15.9 Å². The lowest BCUT2D eigenvalue weighted by Crippen LogP contribution is -2.26. The van der Waals surface area contributed by atoms with Crippen LogP contribution < -0.4 is 9.62 Å². The molecule has 1 amide bonds. The summed E-state index contributed by atoms with van der Waals surface area (Å²) in [6, 6.07) is 14.8. The molecular weight excluding hydrogens is 418 g/mol. The second-order valence-electron chi connectivity index (χ2n) is 6.74. The number of carbonyl (C=O) groups is 1. The minimum atomic E-state index is -3.79. The first-order valence-corrected chi connectivity index (χ1v) is 10.8. The van der Waals surface area contributed by atoms with E-state index < -0.39 is 15.9 Å². The molecule has 3 rings (SSSR count). The van der Waals surface area contributed by atoms with Crippen molar-refractivity contribution < 1.29 is 18.0 Å². The predicted octanol–water partition coefficient (Wildman–Crippen LogP) is 2.62. The average Bonchev–Trinajstić information content (AvgIpc) is 3.20. The van der Waals surface area contributed by atoms with Crippen molar-refractivity contribution in [3.8, 4) is 0 Å². The fourth-order valence-corrected chi connectivity index (χ4v) is 3.96. The molecule has 0 atom stereocenters. The molecule has 9 nitrogen and oxygen atoms in total. The lowest BCUT2D eigenvalue weighted by atomic mass is 10.2. The number of amides is 1. The summed E-state index contributed by atoms with van der Waals surface area (Å²) in [6.45, 7) is 1.42. The van der Waals surface area contributed by atoms with Gasteiger partial charge in [-0.3, -0.25) is 13.8 Å². The fourth-order valence-electron chi connectivity index (χ4n) is 2.71. The van der Waals surface area contributed by atoms with Crippen LogP contribution in [0.3, 0.4) is 0 Å². The maximum Gasteiger partial charge on any atom is 0.265 e. The zero-order valence-corrected chi connectivity index (χ0v) is 18.2. The molecule has 0 saturated heterocycles. The van der Waals surface area contributed by atoms with Gasteiger partial charge in [0.05, 0.1) is 22.5 Å². The normalized spacial score (nSPS) is 11.8. The monoisotopic (exact) mass is 441 g/mol. The number of sulfonamides is 1. The summed E-state index contributed by atoms with van der Waals surface area (Å²) < 4.78 is 28.7. The van der Waals surface area contributed by atoms with Gasteiger partial charge in [-0.2, -0.15) is 5.10 Å². The maximum absolute atomic E-state index is 12.9. The molecule has 162 valence electrons. The van der Waals surface area contributed by atoms with Crippen molar-refractivity contribution in [1.29, 1.82) is 0 Å². The first kappa shape index (κ1) is 22.0. The molecule has 0 saturated carbocycles. The number of benzene rings is 2. The highest BCUT2D eigenvalue weighted by atomic mass is 32.2.